The Labute approximate surface area is 149 Å². The van der Waals surface area contributed by atoms with Gasteiger partial charge in [0.2, 0.25) is 0 Å². The maximum Gasteiger partial charge on any atom is 0.252 e. The van der Waals surface area contributed by atoms with Crippen molar-refractivity contribution in [3.63, 3.8) is 0 Å². The van der Waals surface area contributed by atoms with E-state index in [1.165, 1.54) is 6.20 Å². The number of hydrogen-bond donors (Lipinski definition) is 2. The number of aromatic nitrogens is 5. The van der Waals surface area contributed by atoms with E-state index >= 15 is 0 Å². The highest BCUT2D eigenvalue weighted by molar-refractivity contribution is 6.03. The summed E-state index contributed by atoms with van der Waals surface area (Å²) < 4.78 is 3.45. The van der Waals surface area contributed by atoms with Gasteiger partial charge in [-0.3, -0.25) is 14.5 Å². The molecule has 3 aromatic rings. The highest BCUT2D eigenvalue weighted by atomic mass is 16.1. The van der Waals surface area contributed by atoms with Crippen molar-refractivity contribution < 1.29 is 4.79 Å². The minimum atomic E-state index is -0.568. The number of primary amides is 1. The fraction of sp³-hybridized carbons (Fsp3) is 0.353. The van der Waals surface area contributed by atoms with Crippen molar-refractivity contribution in [1.82, 2.24) is 29.7 Å². The first kappa shape index (κ1) is 16.4. The van der Waals surface area contributed by atoms with Crippen LogP contribution in [-0.2, 0) is 6.54 Å². The summed E-state index contributed by atoms with van der Waals surface area (Å²) in [4.78, 5) is 21.3. The van der Waals surface area contributed by atoms with Crippen LogP contribution in [0.4, 0.5) is 5.69 Å². The van der Waals surface area contributed by atoms with Crippen LogP contribution in [-0.4, -0.2) is 49.1 Å². The van der Waals surface area contributed by atoms with Gasteiger partial charge >= 0.3 is 0 Å². The van der Waals surface area contributed by atoms with Gasteiger partial charge in [-0.15, -0.1) is 0 Å². The van der Waals surface area contributed by atoms with Crippen LogP contribution in [0.15, 0.2) is 29.8 Å². The number of imidazole rings is 1. The number of rotatable bonds is 4. The molecule has 1 saturated heterocycles. The van der Waals surface area contributed by atoms with Crippen molar-refractivity contribution in [3.8, 4) is 11.3 Å². The lowest BCUT2D eigenvalue weighted by molar-refractivity contribution is 0.100. The van der Waals surface area contributed by atoms with Crippen LogP contribution >= 0.6 is 0 Å². The summed E-state index contributed by atoms with van der Waals surface area (Å²) in [6.45, 7) is 6.44. The van der Waals surface area contributed by atoms with Gasteiger partial charge in [0.05, 0.1) is 29.8 Å². The predicted octanol–water partition coefficient (Wildman–Crippen LogP) is 1.02. The van der Waals surface area contributed by atoms with Crippen molar-refractivity contribution in [2.24, 2.45) is 16.6 Å². The number of carbonyl (C=O) groups is 1. The molecular weight excluding hydrogens is 332 g/mol. The summed E-state index contributed by atoms with van der Waals surface area (Å²) in [5, 5.41) is 11.8. The molecule has 0 radical (unpaired) electrons. The lowest BCUT2D eigenvalue weighted by Gasteiger charge is -2.06. The molecule has 3 aromatic heterocycles. The third kappa shape index (κ3) is 2.76. The molecule has 0 spiro atoms. The van der Waals surface area contributed by atoms with E-state index in [-0.39, 0.29) is 5.56 Å². The lowest BCUT2D eigenvalue weighted by Crippen LogP contribution is -2.14. The molecule has 1 atom stereocenters. The van der Waals surface area contributed by atoms with Gasteiger partial charge in [0.25, 0.3) is 5.91 Å². The van der Waals surface area contributed by atoms with Gasteiger partial charge in [0.1, 0.15) is 5.69 Å². The van der Waals surface area contributed by atoms with E-state index in [1.54, 1.807) is 16.9 Å². The van der Waals surface area contributed by atoms with Crippen LogP contribution in [0.25, 0.3) is 16.9 Å². The number of aliphatic imine (C=N–C) groups is 1. The smallest absolute Gasteiger partial charge is 0.252 e. The quantitative estimate of drug-likeness (QED) is 0.727. The number of nitrogens with zero attached hydrogens (tertiary/aromatic N) is 6. The number of aryl methyl sites for hydroxylation is 1. The number of hydrogen-bond acceptors (Lipinski definition) is 6. The molecule has 4 heterocycles. The van der Waals surface area contributed by atoms with Gasteiger partial charge in [0, 0.05) is 43.0 Å². The molecule has 0 saturated carbocycles. The van der Waals surface area contributed by atoms with Crippen LogP contribution in [0.2, 0.25) is 0 Å². The van der Waals surface area contributed by atoms with Crippen molar-refractivity contribution in [1.29, 1.82) is 0 Å². The van der Waals surface area contributed by atoms with E-state index in [2.05, 4.69) is 27.4 Å². The van der Waals surface area contributed by atoms with Gasteiger partial charge in [-0.2, -0.15) is 10.2 Å². The molecule has 0 bridgehead atoms. The normalized spacial score (nSPS) is 18.8. The molecule has 134 valence electrons. The van der Waals surface area contributed by atoms with Crippen molar-refractivity contribution >= 4 is 23.0 Å². The summed E-state index contributed by atoms with van der Waals surface area (Å²) in [5.74, 6) is -0.275. The first-order valence-corrected chi connectivity index (χ1v) is 8.56. The summed E-state index contributed by atoms with van der Waals surface area (Å²) in [5.41, 5.74) is 9.36. The van der Waals surface area contributed by atoms with Crippen molar-refractivity contribution in [2.75, 3.05) is 13.1 Å². The topological polar surface area (TPSA) is 115 Å². The molecule has 0 aliphatic carbocycles. The molecule has 0 aromatic carbocycles. The van der Waals surface area contributed by atoms with Gasteiger partial charge in [-0.25, -0.2) is 9.50 Å². The zero-order valence-electron chi connectivity index (χ0n) is 14.7. The van der Waals surface area contributed by atoms with Gasteiger partial charge in [-0.1, -0.05) is 6.92 Å². The Kier molecular flexibility index (Phi) is 4.00. The molecule has 1 amide bonds. The Morgan fingerprint density at radius 3 is 2.88 bits per heavy atom. The van der Waals surface area contributed by atoms with Gasteiger partial charge in [0.15, 0.2) is 5.65 Å². The van der Waals surface area contributed by atoms with E-state index in [4.69, 9.17) is 10.7 Å². The number of nitrogens with two attached hydrogens (primary N) is 1. The average Bonchev–Trinajstić information content (AvgIpc) is 3.34. The van der Waals surface area contributed by atoms with Gasteiger partial charge < -0.3 is 11.1 Å². The van der Waals surface area contributed by atoms with E-state index in [1.807, 2.05) is 17.8 Å². The maximum atomic E-state index is 11.9. The second-order valence-electron chi connectivity index (χ2n) is 6.39. The lowest BCUT2D eigenvalue weighted by atomic mass is 10.1. The first-order valence-electron chi connectivity index (χ1n) is 8.56. The monoisotopic (exact) mass is 352 g/mol. The first-order chi connectivity index (χ1) is 12.6. The highest BCUT2D eigenvalue weighted by Crippen LogP contribution is 2.28. The summed E-state index contributed by atoms with van der Waals surface area (Å²) >= 11 is 0. The average molecular weight is 352 g/mol. The van der Waals surface area contributed by atoms with Crippen molar-refractivity contribution in [2.45, 2.75) is 20.4 Å². The SMILES string of the molecule is CCn1cc(-c2cn3ncc(C(N)=O)c(N=C4CNC[C@@H]4C)c3n2)cn1. The van der Waals surface area contributed by atoms with E-state index in [0.29, 0.717) is 23.8 Å². The molecule has 4 rings (SSSR count). The molecular formula is C17H20N8O. The summed E-state index contributed by atoms with van der Waals surface area (Å²) in [6.07, 6.45) is 6.93. The summed E-state index contributed by atoms with van der Waals surface area (Å²) in [7, 11) is 0. The zero-order valence-corrected chi connectivity index (χ0v) is 14.7. The van der Waals surface area contributed by atoms with E-state index in [0.717, 1.165) is 30.1 Å². The minimum absolute atomic E-state index is 0.269. The Morgan fingerprint density at radius 1 is 1.38 bits per heavy atom. The van der Waals surface area contributed by atoms with E-state index < -0.39 is 5.91 Å². The zero-order chi connectivity index (χ0) is 18.3. The number of fused-ring (bicyclic) bond motifs is 1. The highest BCUT2D eigenvalue weighted by Gasteiger charge is 2.21. The summed E-state index contributed by atoms with van der Waals surface area (Å²) in [6, 6.07) is 0. The fourth-order valence-electron chi connectivity index (χ4n) is 3.02. The molecule has 1 aliphatic heterocycles. The van der Waals surface area contributed by atoms with Crippen LogP contribution in [0.1, 0.15) is 24.2 Å². The Bertz CT molecular complexity index is 1020. The number of carbonyl (C=O) groups excluding carboxylic acids is 1. The minimum Gasteiger partial charge on any atom is -0.365 e. The molecule has 9 heteroatoms. The predicted molar refractivity (Wildman–Crippen MR) is 97.5 cm³/mol. The van der Waals surface area contributed by atoms with Crippen molar-refractivity contribution in [3.05, 3.63) is 30.4 Å². The molecule has 9 nitrogen and oxygen atoms in total. The van der Waals surface area contributed by atoms with Crippen LogP contribution < -0.4 is 11.1 Å². The van der Waals surface area contributed by atoms with Gasteiger partial charge in [-0.05, 0) is 6.92 Å². The number of amides is 1. The maximum absolute atomic E-state index is 11.9. The standard InChI is InChI=1S/C17H20N8O/c1-3-24-8-11(5-20-24)14-9-25-17(23-14)15(12(6-21-25)16(18)26)22-13-7-19-4-10(13)2/h5-6,8-10,19H,3-4,7H2,1-2H3,(H2,18,26)/t10-/m0/s1. The van der Waals surface area contributed by atoms with Crippen LogP contribution in [0, 0.1) is 5.92 Å². The largest absolute Gasteiger partial charge is 0.365 e. The Hall–Kier alpha value is -3.07. The Morgan fingerprint density at radius 2 is 2.23 bits per heavy atom. The third-order valence-electron chi connectivity index (χ3n) is 4.57. The molecule has 1 fully saturated rings. The number of nitrogens with one attached hydrogen (secondary N) is 1. The second kappa shape index (κ2) is 6.34. The second-order valence-corrected chi connectivity index (χ2v) is 6.39. The Balaban J connectivity index is 1.89. The van der Waals surface area contributed by atoms with Crippen LogP contribution in [0.5, 0.6) is 0 Å². The fourth-order valence-corrected chi connectivity index (χ4v) is 3.02. The molecule has 3 N–H and O–H groups in total. The third-order valence-corrected chi connectivity index (χ3v) is 4.57. The van der Waals surface area contributed by atoms with E-state index in [9.17, 15) is 4.79 Å². The van der Waals surface area contributed by atoms with Crippen LogP contribution in [0.3, 0.4) is 0 Å². The molecule has 1 aliphatic rings. The molecule has 0 unspecified atom stereocenters. The molecule has 26 heavy (non-hydrogen) atoms.